The molecule has 0 bridgehead atoms. The number of carbonyl (C=O) groups excluding carboxylic acids is 1. The average molecular weight is 332 g/mol. The predicted octanol–water partition coefficient (Wildman–Crippen LogP) is 1.56. The third-order valence-corrected chi connectivity index (χ3v) is 4.59. The zero-order valence-electron chi connectivity index (χ0n) is 13.1. The zero-order chi connectivity index (χ0) is 16.2. The van der Waals surface area contributed by atoms with E-state index in [1.807, 2.05) is 17.7 Å². The molecule has 122 valence electrons. The Balaban J connectivity index is 1.70. The van der Waals surface area contributed by atoms with Gasteiger partial charge >= 0.3 is 0 Å². The molecule has 0 aromatic carbocycles. The molecular formula is C15H20N6OS. The molecule has 0 radical (unpaired) electrons. The zero-order valence-corrected chi connectivity index (χ0v) is 13.9. The summed E-state index contributed by atoms with van der Waals surface area (Å²) in [5, 5.41) is 16.5. The molecule has 1 saturated carbocycles. The van der Waals surface area contributed by atoms with Crippen LogP contribution in [0.15, 0.2) is 30.1 Å². The molecule has 1 aliphatic carbocycles. The predicted molar refractivity (Wildman–Crippen MR) is 88.3 cm³/mol. The summed E-state index contributed by atoms with van der Waals surface area (Å²) >= 11 is 1.42. The summed E-state index contributed by atoms with van der Waals surface area (Å²) in [4.78, 5) is 11.7. The number of aryl methyl sites for hydroxylation is 1. The van der Waals surface area contributed by atoms with Gasteiger partial charge in [0.1, 0.15) is 6.54 Å². The fourth-order valence-corrected chi connectivity index (χ4v) is 3.13. The van der Waals surface area contributed by atoms with Crippen molar-refractivity contribution < 1.29 is 4.79 Å². The van der Waals surface area contributed by atoms with Gasteiger partial charge in [0.25, 0.3) is 0 Å². The van der Waals surface area contributed by atoms with Gasteiger partial charge in [-0.3, -0.25) is 9.48 Å². The van der Waals surface area contributed by atoms with Crippen LogP contribution in [0.1, 0.15) is 30.4 Å². The number of aromatic nitrogens is 5. The molecule has 1 amide bonds. The average Bonchev–Trinajstić information content (AvgIpc) is 3.19. The van der Waals surface area contributed by atoms with Crippen LogP contribution >= 0.6 is 11.8 Å². The van der Waals surface area contributed by atoms with Gasteiger partial charge in [-0.05, 0) is 25.8 Å². The van der Waals surface area contributed by atoms with Crippen LogP contribution in [0.4, 0.5) is 0 Å². The molecule has 2 aromatic rings. The lowest BCUT2D eigenvalue weighted by atomic mass is 10.4. The van der Waals surface area contributed by atoms with E-state index in [2.05, 4.69) is 31.8 Å². The minimum atomic E-state index is -0.0234. The summed E-state index contributed by atoms with van der Waals surface area (Å²) in [6, 6.07) is 2.42. The Labute approximate surface area is 139 Å². The third-order valence-electron chi connectivity index (χ3n) is 3.64. The Morgan fingerprint density at radius 3 is 3.00 bits per heavy atom. The van der Waals surface area contributed by atoms with E-state index in [1.165, 1.54) is 11.8 Å². The van der Waals surface area contributed by atoms with Gasteiger partial charge in [-0.25, -0.2) is 0 Å². The fourth-order valence-electron chi connectivity index (χ4n) is 2.28. The van der Waals surface area contributed by atoms with Crippen LogP contribution in [0.5, 0.6) is 0 Å². The Kier molecular flexibility index (Phi) is 4.80. The quantitative estimate of drug-likeness (QED) is 0.586. The second-order valence-electron chi connectivity index (χ2n) is 5.51. The van der Waals surface area contributed by atoms with E-state index in [0.717, 1.165) is 29.5 Å². The number of hydrogen-bond donors (Lipinski definition) is 1. The normalized spacial score (nSPS) is 14.0. The molecule has 1 aliphatic rings. The summed E-state index contributed by atoms with van der Waals surface area (Å²) in [5.41, 5.74) is 1.09. The van der Waals surface area contributed by atoms with Crippen molar-refractivity contribution >= 4 is 17.7 Å². The highest BCUT2D eigenvalue weighted by molar-refractivity contribution is 7.99. The molecular weight excluding hydrogens is 312 g/mol. The van der Waals surface area contributed by atoms with Crippen LogP contribution in [0.25, 0.3) is 0 Å². The highest BCUT2D eigenvalue weighted by Crippen LogP contribution is 2.38. The van der Waals surface area contributed by atoms with Crippen molar-refractivity contribution in [1.82, 2.24) is 29.9 Å². The smallest absolute Gasteiger partial charge is 0.230 e. The van der Waals surface area contributed by atoms with E-state index in [4.69, 9.17) is 0 Å². The van der Waals surface area contributed by atoms with Crippen molar-refractivity contribution in [2.75, 3.05) is 12.3 Å². The van der Waals surface area contributed by atoms with Crippen LogP contribution in [0, 0.1) is 6.92 Å². The van der Waals surface area contributed by atoms with E-state index in [9.17, 15) is 4.79 Å². The molecule has 0 saturated heterocycles. The Bertz CT molecular complexity index is 703. The minimum absolute atomic E-state index is 0.0234. The number of nitrogens with one attached hydrogen (secondary N) is 1. The van der Waals surface area contributed by atoms with Gasteiger partial charge < -0.3 is 9.88 Å². The van der Waals surface area contributed by atoms with Crippen molar-refractivity contribution in [3.05, 3.63) is 36.4 Å². The first-order valence-electron chi connectivity index (χ1n) is 7.61. The molecule has 0 spiro atoms. The number of rotatable bonds is 8. The van der Waals surface area contributed by atoms with E-state index in [0.29, 0.717) is 24.9 Å². The molecule has 23 heavy (non-hydrogen) atoms. The maximum Gasteiger partial charge on any atom is 0.230 e. The van der Waals surface area contributed by atoms with E-state index in [-0.39, 0.29) is 5.91 Å². The van der Waals surface area contributed by atoms with Gasteiger partial charge in [-0.2, -0.15) is 5.10 Å². The Morgan fingerprint density at radius 2 is 2.35 bits per heavy atom. The molecule has 1 fully saturated rings. The topological polar surface area (TPSA) is 77.6 Å². The first-order valence-corrected chi connectivity index (χ1v) is 8.60. The Hall–Kier alpha value is -2.09. The first-order chi connectivity index (χ1) is 11.2. The number of thioether (sulfide) groups is 1. The fraction of sp³-hybridized carbons (Fsp3) is 0.467. The van der Waals surface area contributed by atoms with Gasteiger partial charge in [-0.15, -0.1) is 16.8 Å². The van der Waals surface area contributed by atoms with Gasteiger partial charge in [0.05, 0.1) is 5.75 Å². The first kappa shape index (κ1) is 15.8. The van der Waals surface area contributed by atoms with Crippen molar-refractivity contribution in [3.8, 4) is 0 Å². The maximum atomic E-state index is 11.7. The van der Waals surface area contributed by atoms with Crippen molar-refractivity contribution in [2.45, 2.75) is 37.5 Å². The van der Waals surface area contributed by atoms with Crippen LogP contribution in [0.2, 0.25) is 0 Å². The lowest BCUT2D eigenvalue weighted by molar-refractivity contribution is -0.118. The molecule has 2 aromatic heterocycles. The standard InChI is InChI=1S/C15H20N6OS/c1-3-7-16-14(22)10-23-15-19-18-13(21(15)12-4-5-12)9-20-11(2)6-8-17-20/h3,6,8,12H,1,4-5,7,9-10H2,2H3,(H,16,22). The summed E-state index contributed by atoms with van der Waals surface area (Å²) in [5.74, 6) is 1.21. The molecule has 0 unspecified atom stereocenters. The second kappa shape index (κ2) is 6.99. The highest BCUT2D eigenvalue weighted by Gasteiger charge is 2.30. The molecule has 8 heteroatoms. The SMILES string of the molecule is C=CCNC(=O)CSc1nnc(Cn2nccc2C)n1C1CC1. The lowest BCUT2D eigenvalue weighted by Gasteiger charge is -2.09. The van der Waals surface area contributed by atoms with Crippen molar-refractivity contribution in [1.29, 1.82) is 0 Å². The third kappa shape index (κ3) is 3.82. The number of nitrogens with zero attached hydrogens (tertiary/aromatic N) is 5. The van der Waals surface area contributed by atoms with Crippen LogP contribution in [-0.2, 0) is 11.3 Å². The molecule has 0 aliphatic heterocycles. The second-order valence-corrected chi connectivity index (χ2v) is 6.45. The summed E-state index contributed by atoms with van der Waals surface area (Å²) < 4.78 is 4.07. The van der Waals surface area contributed by atoms with E-state index >= 15 is 0 Å². The van der Waals surface area contributed by atoms with Gasteiger partial charge in [0.15, 0.2) is 11.0 Å². The van der Waals surface area contributed by atoms with Crippen molar-refractivity contribution in [3.63, 3.8) is 0 Å². The molecule has 7 nitrogen and oxygen atoms in total. The molecule has 0 atom stereocenters. The minimum Gasteiger partial charge on any atom is -0.352 e. The molecule has 1 N–H and O–H groups in total. The maximum absolute atomic E-state index is 11.7. The summed E-state index contributed by atoms with van der Waals surface area (Å²) in [7, 11) is 0. The number of amides is 1. The van der Waals surface area contributed by atoms with Gasteiger partial charge in [0.2, 0.25) is 5.91 Å². The monoisotopic (exact) mass is 332 g/mol. The highest BCUT2D eigenvalue weighted by atomic mass is 32.2. The Morgan fingerprint density at radius 1 is 1.52 bits per heavy atom. The van der Waals surface area contributed by atoms with E-state index in [1.54, 1.807) is 12.3 Å². The summed E-state index contributed by atoms with van der Waals surface area (Å²) in [6.07, 6.45) is 5.73. The van der Waals surface area contributed by atoms with Gasteiger partial charge in [0, 0.05) is 24.5 Å². The van der Waals surface area contributed by atoms with Gasteiger partial charge in [-0.1, -0.05) is 17.8 Å². The van der Waals surface area contributed by atoms with E-state index < -0.39 is 0 Å². The van der Waals surface area contributed by atoms with Crippen LogP contribution in [-0.4, -0.2) is 42.7 Å². The molecule has 2 heterocycles. The van der Waals surface area contributed by atoms with Crippen LogP contribution < -0.4 is 5.32 Å². The number of hydrogen-bond acceptors (Lipinski definition) is 5. The number of carbonyl (C=O) groups is 1. The molecule has 3 rings (SSSR count). The largest absolute Gasteiger partial charge is 0.352 e. The summed E-state index contributed by atoms with van der Waals surface area (Å²) in [6.45, 7) is 6.69. The van der Waals surface area contributed by atoms with Crippen LogP contribution in [0.3, 0.4) is 0 Å². The lowest BCUT2D eigenvalue weighted by Crippen LogP contribution is -2.25. The van der Waals surface area contributed by atoms with Crippen molar-refractivity contribution in [2.24, 2.45) is 0 Å².